The third-order valence-corrected chi connectivity index (χ3v) is 1.67. The van der Waals surface area contributed by atoms with Crippen LogP contribution in [0.2, 0.25) is 0 Å². The molecule has 0 aliphatic carbocycles. The van der Waals surface area contributed by atoms with E-state index in [-0.39, 0.29) is 18.6 Å². The molecule has 0 radical (unpaired) electrons. The van der Waals surface area contributed by atoms with Crippen molar-refractivity contribution in [1.29, 1.82) is 0 Å². The van der Waals surface area contributed by atoms with Gasteiger partial charge in [-0.3, -0.25) is 9.59 Å². The highest BCUT2D eigenvalue weighted by atomic mass is 16.5. The van der Waals surface area contributed by atoms with E-state index in [9.17, 15) is 9.59 Å². The van der Waals surface area contributed by atoms with E-state index >= 15 is 0 Å². The summed E-state index contributed by atoms with van der Waals surface area (Å²) >= 11 is 0. The van der Waals surface area contributed by atoms with E-state index in [1.807, 2.05) is 0 Å². The lowest BCUT2D eigenvalue weighted by molar-refractivity contribution is -0.143. The van der Waals surface area contributed by atoms with Crippen molar-refractivity contribution in [2.45, 2.75) is 19.3 Å². The monoisotopic (exact) mass is 197 g/mol. The minimum Gasteiger partial charge on any atom is -0.469 e. The van der Waals surface area contributed by atoms with Crippen LogP contribution in [-0.2, 0) is 20.7 Å². The number of rotatable bonds is 5. The van der Waals surface area contributed by atoms with Gasteiger partial charge in [-0.15, -0.1) is 0 Å². The Hall–Kier alpha value is -1.65. The zero-order chi connectivity index (χ0) is 10.4. The first-order chi connectivity index (χ1) is 6.72. The summed E-state index contributed by atoms with van der Waals surface area (Å²) in [5.41, 5.74) is 0. The first-order valence-electron chi connectivity index (χ1n) is 4.19. The lowest BCUT2D eigenvalue weighted by Crippen LogP contribution is -2.09. The Balaban J connectivity index is 2.25. The Bertz CT molecular complexity index is 305. The average Bonchev–Trinajstić information content (AvgIpc) is 2.67. The van der Waals surface area contributed by atoms with E-state index in [0.717, 1.165) is 0 Å². The van der Waals surface area contributed by atoms with Gasteiger partial charge in [0.2, 0.25) is 0 Å². The fourth-order valence-corrected chi connectivity index (χ4v) is 0.944. The zero-order valence-corrected chi connectivity index (χ0v) is 7.86. The van der Waals surface area contributed by atoms with Crippen molar-refractivity contribution in [3.63, 3.8) is 0 Å². The topological polar surface area (TPSA) is 69.4 Å². The number of nitrogens with zero attached hydrogens (tertiary/aromatic N) is 1. The Morgan fingerprint density at radius 2 is 2.36 bits per heavy atom. The van der Waals surface area contributed by atoms with Gasteiger partial charge in [-0.25, -0.2) is 4.98 Å². The predicted octanol–water partition coefficient (Wildman–Crippen LogP) is 0.739. The summed E-state index contributed by atoms with van der Waals surface area (Å²) in [5.74, 6) is -0.180. The molecule has 0 saturated carbocycles. The molecule has 0 fully saturated rings. The fraction of sp³-hybridized carbons (Fsp3) is 0.444. The van der Waals surface area contributed by atoms with E-state index in [1.165, 1.54) is 19.6 Å². The van der Waals surface area contributed by atoms with Gasteiger partial charge < -0.3 is 9.15 Å². The van der Waals surface area contributed by atoms with Gasteiger partial charge in [0.05, 0.1) is 13.3 Å². The molecule has 0 saturated heterocycles. The molecule has 0 aliphatic rings. The van der Waals surface area contributed by atoms with Crippen LogP contribution in [0.4, 0.5) is 0 Å². The van der Waals surface area contributed by atoms with E-state index in [0.29, 0.717) is 12.3 Å². The van der Waals surface area contributed by atoms with Crippen molar-refractivity contribution >= 4 is 11.8 Å². The standard InChI is InChI=1S/C9H11NO4/c1-13-9(12)6-7(11)2-3-8-10-4-5-14-8/h4-5H,2-3,6H2,1H3. The van der Waals surface area contributed by atoms with Gasteiger partial charge in [0.1, 0.15) is 18.5 Å². The quantitative estimate of drug-likeness (QED) is 0.514. The fourth-order valence-electron chi connectivity index (χ4n) is 0.944. The number of carbonyl (C=O) groups excluding carboxylic acids is 2. The zero-order valence-electron chi connectivity index (χ0n) is 7.86. The molecule has 0 unspecified atom stereocenters. The Morgan fingerprint density at radius 1 is 1.57 bits per heavy atom. The number of aromatic nitrogens is 1. The van der Waals surface area contributed by atoms with Gasteiger partial charge in [0.15, 0.2) is 5.89 Å². The predicted molar refractivity (Wildman–Crippen MR) is 46.5 cm³/mol. The van der Waals surface area contributed by atoms with E-state index < -0.39 is 5.97 Å². The number of hydrogen-bond donors (Lipinski definition) is 0. The molecule has 5 nitrogen and oxygen atoms in total. The highest BCUT2D eigenvalue weighted by molar-refractivity contribution is 5.95. The first kappa shape index (κ1) is 10.4. The lowest BCUT2D eigenvalue weighted by Gasteiger charge is -1.97. The molecule has 0 N–H and O–H groups in total. The van der Waals surface area contributed by atoms with Crippen molar-refractivity contribution in [1.82, 2.24) is 4.98 Å². The molecule has 5 heteroatoms. The number of hydrogen-bond acceptors (Lipinski definition) is 5. The second kappa shape index (κ2) is 5.16. The number of oxazole rings is 1. The summed E-state index contributed by atoms with van der Waals surface area (Å²) in [5, 5.41) is 0. The summed E-state index contributed by atoms with van der Waals surface area (Å²) < 4.78 is 9.29. The van der Waals surface area contributed by atoms with Crippen LogP contribution in [0.3, 0.4) is 0 Å². The van der Waals surface area contributed by atoms with E-state index in [1.54, 1.807) is 0 Å². The first-order valence-corrected chi connectivity index (χ1v) is 4.19. The average molecular weight is 197 g/mol. The maximum Gasteiger partial charge on any atom is 0.313 e. The van der Waals surface area contributed by atoms with E-state index in [2.05, 4.69) is 9.72 Å². The van der Waals surface area contributed by atoms with Crippen LogP contribution in [0.25, 0.3) is 0 Å². The third kappa shape index (κ3) is 3.38. The molecule has 0 atom stereocenters. The van der Waals surface area contributed by atoms with Gasteiger partial charge in [-0.2, -0.15) is 0 Å². The number of ketones is 1. The molecule has 1 aromatic heterocycles. The summed E-state index contributed by atoms with van der Waals surface area (Å²) in [4.78, 5) is 25.7. The van der Waals surface area contributed by atoms with Crippen LogP contribution in [0.5, 0.6) is 0 Å². The largest absolute Gasteiger partial charge is 0.469 e. The minimum absolute atomic E-state index is 0.171. The lowest BCUT2D eigenvalue weighted by atomic mass is 10.2. The molecule has 0 aromatic carbocycles. The Morgan fingerprint density at radius 3 is 2.93 bits per heavy atom. The molecule has 76 valence electrons. The summed E-state index contributed by atoms with van der Waals surface area (Å²) in [6, 6.07) is 0. The maximum atomic E-state index is 11.1. The number of Topliss-reactive ketones (excluding diaryl/α,β-unsaturated/α-hetero) is 1. The maximum absolute atomic E-state index is 11.1. The molecule has 0 bridgehead atoms. The molecule has 0 aliphatic heterocycles. The highest BCUT2D eigenvalue weighted by Gasteiger charge is 2.10. The van der Waals surface area contributed by atoms with Crippen LogP contribution < -0.4 is 0 Å². The number of ether oxygens (including phenoxy) is 1. The summed E-state index contributed by atoms with van der Waals surface area (Å²) in [6.07, 6.45) is 3.44. The van der Waals surface area contributed by atoms with Crippen LogP contribution in [0, 0.1) is 0 Å². The number of methoxy groups -OCH3 is 1. The number of aryl methyl sites for hydroxylation is 1. The van der Waals surface area contributed by atoms with Gasteiger partial charge >= 0.3 is 5.97 Å². The molecular formula is C9H11NO4. The summed E-state index contributed by atoms with van der Waals surface area (Å²) in [6.45, 7) is 0. The van der Waals surface area contributed by atoms with Gasteiger partial charge in [0.25, 0.3) is 0 Å². The second-order valence-corrected chi connectivity index (χ2v) is 2.72. The van der Waals surface area contributed by atoms with Crippen LogP contribution in [0.15, 0.2) is 16.9 Å². The van der Waals surface area contributed by atoms with Gasteiger partial charge in [-0.05, 0) is 0 Å². The molecule has 14 heavy (non-hydrogen) atoms. The number of carbonyl (C=O) groups is 2. The van der Waals surface area contributed by atoms with Crippen molar-refractivity contribution in [2.24, 2.45) is 0 Å². The van der Waals surface area contributed by atoms with Crippen LogP contribution >= 0.6 is 0 Å². The molecular weight excluding hydrogens is 186 g/mol. The van der Waals surface area contributed by atoms with Crippen molar-refractivity contribution in [2.75, 3.05) is 7.11 Å². The van der Waals surface area contributed by atoms with Crippen molar-refractivity contribution in [3.8, 4) is 0 Å². The minimum atomic E-state index is -0.512. The number of esters is 1. The van der Waals surface area contributed by atoms with Crippen molar-refractivity contribution < 1.29 is 18.7 Å². The highest BCUT2D eigenvalue weighted by Crippen LogP contribution is 2.01. The molecule has 1 heterocycles. The molecule has 1 rings (SSSR count). The molecule has 0 spiro atoms. The van der Waals surface area contributed by atoms with Crippen LogP contribution in [0.1, 0.15) is 18.7 Å². The van der Waals surface area contributed by atoms with Gasteiger partial charge in [0, 0.05) is 12.8 Å². The van der Waals surface area contributed by atoms with E-state index in [4.69, 9.17) is 4.42 Å². The Labute approximate surface area is 81.1 Å². The summed E-state index contributed by atoms with van der Waals surface area (Å²) in [7, 11) is 1.25. The van der Waals surface area contributed by atoms with Crippen LogP contribution in [-0.4, -0.2) is 23.8 Å². The third-order valence-electron chi connectivity index (χ3n) is 1.67. The van der Waals surface area contributed by atoms with Crippen molar-refractivity contribution in [3.05, 3.63) is 18.4 Å². The van der Waals surface area contributed by atoms with Gasteiger partial charge in [-0.1, -0.05) is 0 Å². The Kier molecular flexibility index (Phi) is 3.84. The SMILES string of the molecule is COC(=O)CC(=O)CCc1ncco1. The second-order valence-electron chi connectivity index (χ2n) is 2.72. The smallest absolute Gasteiger partial charge is 0.313 e. The molecule has 1 aromatic rings. The molecule has 0 amide bonds. The normalized spacial score (nSPS) is 9.79.